The first-order valence-corrected chi connectivity index (χ1v) is 11.3. The Kier molecular flexibility index (Phi) is 9.91. The van der Waals surface area contributed by atoms with Crippen LogP contribution >= 0.6 is 0 Å². The number of benzene rings is 1. The van der Waals surface area contributed by atoms with Crippen molar-refractivity contribution in [3.05, 3.63) is 29.6 Å². The Bertz CT molecular complexity index is 739. The number of carbonyl (C=O) groups excluding carboxylic acids is 2. The molecule has 0 aliphatic carbocycles. The molecule has 0 bridgehead atoms. The van der Waals surface area contributed by atoms with Crippen molar-refractivity contribution in [1.82, 2.24) is 9.80 Å². The summed E-state index contributed by atoms with van der Waals surface area (Å²) >= 11 is 0. The second kappa shape index (κ2) is 12.2. The van der Waals surface area contributed by atoms with Crippen LogP contribution < -0.4 is 4.90 Å². The molecule has 0 spiro atoms. The number of nitrogens with zero attached hydrogens (tertiary/aromatic N) is 3. The van der Waals surface area contributed by atoms with Crippen LogP contribution in [0.1, 0.15) is 46.1 Å². The first-order chi connectivity index (χ1) is 14.7. The first kappa shape index (κ1) is 25.3. The van der Waals surface area contributed by atoms with E-state index in [1.807, 2.05) is 13.8 Å². The number of halogens is 1. The molecule has 2 amide bonds. The lowest BCUT2D eigenvalue weighted by Crippen LogP contribution is -2.41. The van der Waals surface area contributed by atoms with Gasteiger partial charge in [0.05, 0.1) is 0 Å². The Morgan fingerprint density at radius 2 is 1.74 bits per heavy atom. The zero-order valence-electron chi connectivity index (χ0n) is 19.7. The summed E-state index contributed by atoms with van der Waals surface area (Å²) < 4.78 is 19.2. The van der Waals surface area contributed by atoms with Gasteiger partial charge in [-0.25, -0.2) is 4.39 Å². The highest BCUT2D eigenvalue weighted by atomic mass is 19.1. The van der Waals surface area contributed by atoms with E-state index in [0.29, 0.717) is 30.3 Å². The Labute approximate surface area is 186 Å². The van der Waals surface area contributed by atoms with Crippen LogP contribution in [-0.4, -0.2) is 68.1 Å². The van der Waals surface area contributed by atoms with Crippen molar-refractivity contribution in [1.29, 1.82) is 0 Å². The monoisotopic (exact) mass is 435 g/mol. The topological polar surface area (TPSA) is 53.1 Å². The molecule has 1 aliphatic heterocycles. The van der Waals surface area contributed by atoms with E-state index in [9.17, 15) is 14.0 Å². The van der Waals surface area contributed by atoms with Crippen LogP contribution in [0.15, 0.2) is 18.2 Å². The molecule has 2 rings (SSSR count). The molecule has 0 saturated heterocycles. The number of rotatable bonds is 5. The first-order valence-electron chi connectivity index (χ1n) is 11.3. The molecule has 0 unspecified atom stereocenters. The van der Waals surface area contributed by atoms with Crippen LogP contribution in [0.2, 0.25) is 0 Å². The molecular formula is C24H38FN3O3. The summed E-state index contributed by atoms with van der Waals surface area (Å²) in [5, 5.41) is 0. The van der Waals surface area contributed by atoms with E-state index in [1.165, 1.54) is 19.2 Å². The molecule has 0 radical (unpaired) electrons. The number of methoxy groups -OCH3 is 1. The minimum Gasteiger partial charge on any atom is -0.375 e. The summed E-state index contributed by atoms with van der Waals surface area (Å²) in [5.41, 5.74) is 1.30. The predicted molar refractivity (Wildman–Crippen MR) is 121 cm³/mol. The summed E-state index contributed by atoms with van der Waals surface area (Å²) in [6.07, 6.45) is 1.68. The molecule has 0 atom stereocenters. The molecule has 1 heterocycles. The standard InChI is InChI=1S/C24H38FN3O3/c1-18(2)15-26-10-6-12-27(24(30)19(3)4)16-20-14-21(25)8-9-22(20)28(13-7-11-26)23(29)17-31-5/h8-9,14,18-19H,6-7,10-13,15-17H2,1-5H3. The van der Waals surface area contributed by atoms with Crippen molar-refractivity contribution in [3.63, 3.8) is 0 Å². The molecule has 6 nitrogen and oxygen atoms in total. The number of anilines is 1. The van der Waals surface area contributed by atoms with Crippen molar-refractivity contribution in [3.8, 4) is 0 Å². The highest BCUT2D eigenvalue weighted by Gasteiger charge is 2.24. The van der Waals surface area contributed by atoms with Crippen LogP contribution in [0.3, 0.4) is 0 Å². The molecule has 0 fully saturated rings. The zero-order chi connectivity index (χ0) is 23.0. The maximum absolute atomic E-state index is 14.2. The quantitative estimate of drug-likeness (QED) is 0.710. The predicted octanol–water partition coefficient (Wildman–Crippen LogP) is 3.54. The molecule has 0 aromatic heterocycles. The van der Waals surface area contributed by atoms with Gasteiger partial charge in [0.1, 0.15) is 12.4 Å². The third kappa shape index (κ3) is 7.58. The summed E-state index contributed by atoms with van der Waals surface area (Å²) in [6.45, 7) is 12.3. The number of fused-ring (bicyclic) bond motifs is 1. The summed E-state index contributed by atoms with van der Waals surface area (Å²) in [5.74, 6) is -0.105. The molecular weight excluding hydrogens is 397 g/mol. The van der Waals surface area contributed by atoms with E-state index in [0.717, 1.165) is 32.5 Å². The molecule has 7 heteroatoms. The number of amides is 2. The maximum atomic E-state index is 14.2. The number of hydrogen-bond donors (Lipinski definition) is 0. The molecule has 1 aromatic rings. The molecule has 0 saturated carbocycles. The average molecular weight is 436 g/mol. The van der Waals surface area contributed by atoms with Crippen LogP contribution in [0, 0.1) is 17.7 Å². The van der Waals surface area contributed by atoms with Crippen LogP contribution in [-0.2, 0) is 20.9 Å². The second-order valence-corrected chi connectivity index (χ2v) is 9.07. The van der Waals surface area contributed by atoms with Gasteiger partial charge >= 0.3 is 0 Å². The minimum absolute atomic E-state index is 0.0393. The largest absolute Gasteiger partial charge is 0.375 e. The van der Waals surface area contributed by atoms with Crippen molar-refractivity contribution >= 4 is 17.5 Å². The molecule has 0 N–H and O–H groups in total. The zero-order valence-corrected chi connectivity index (χ0v) is 19.7. The highest BCUT2D eigenvalue weighted by Crippen LogP contribution is 2.25. The van der Waals surface area contributed by atoms with Crippen LogP contribution in [0.5, 0.6) is 0 Å². The fraction of sp³-hybridized carbons (Fsp3) is 0.667. The smallest absolute Gasteiger partial charge is 0.252 e. The van der Waals surface area contributed by atoms with E-state index >= 15 is 0 Å². The lowest BCUT2D eigenvalue weighted by molar-refractivity contribution is -0.135. The number of ether oxygens (including phenoxy) is 1. The molecule has 1 aromatic carbocycles. The van der Waals surface area contributed by atoms with Gasteiger partial charge in [-0.3, -0.25) is 9.59 Å². The van der Waals surface area contributed by atoms with E-state index in [1.54, 1.807) is 15.9 Å². The number of hydrogen-bond acceptors (Lipinski definition) is 4. The van der Waals surface area contributed by atoms with Crippen molar-refractivity contribution < 1.29 is 18.7 Å². The Morgan fingerprint density at radius 3 is 2.35 bits per heavy atom. The van der Waals surface area contributed by atoms with Crippen molar-refractivity contribution in [2.75, 3.05) is 51.3 Å². The Morgan fingerprint density at radius 1 is 1.06 bits per heavy atom. The van der Waals surface area contributed by atoms with Gasteiger partial charge in [0.2, 0.25) is 5.91 Å². The van der Waals surface area contributed by atoms with Gasteiger partial charge < -0.3 is 19.4 Å². The summed E-state index contributed by atoms with van der Waals surface area (Å²) in [7, 11) is 1.49. The van der Waals surface area contributed by atoms with Gasteiger partial charge in [0.15, 0.2) is 0 Å². The van der Waals surface area contributed by atoms with Gasteiger partial charge in [0.25, 0.3) is 5.91 Å². The molecule has 1 aliphatic rings. The van der Waals surface area contributed by atoms with E-state index in [-0.39, 0.29) is 36.7 Å². The van der Waals surface area contributed by atoms with Crippen molar-refractivity contribution in [2.45, 2.75) is 47.1 Å². The SMILES string of the molecule is COCC(=O)N1CCCN(CC(C)C)CCCN(C(=O)C(C)C)Cc2cc(F)ccc21. The number of carbonyl (C=O) groups is 2. The van der Waals surface area contributed by atoms with Crippen LogP contribution in [0.25, 0.3) is 0 Å². The summed E-state index contributed by atoms with van der Waals surface area (Å²) in [4.78, 5) is 31.7. The second-order valence-electron chi connectivity index (χ2n) is 9.07. The minimum atomic E-state index is -0.370. The van der Waals surface area contributed by atoms with E-state index in [4.69, 9.17) is 4.74 Å². The van der Waals surface area contributed by atoms with Gasteiger partial charge in [-0.05, 0) is 55.6 Å². The normalized spacial score (nSPS) is 16.8. The fourth-order valence-corrected chi connectivity index (χ4v) is 4.11. The third-order valence-corrected chi connectivity index (χ3v) is 5.45. The Balaban J connectivity index is 2.43. The maximum Gasteiger partial charge on any atom is 0.252 e. The lowest BCUT2D eigenvalue weighted by atomic mass is 10.1. The van der Waals surface area contributed by atoms with Gasteiger partial charge in [-0.15, -0.1) is 0 Å². The lowest BCUT2D eigenvalue weighted by Gasteiger charge is -2.32. The van der Waals surface area contributed by atoms with Crippen LogP contribution in [0.4, 0.5) is 10.1 Å². The van der Waals surface area contributed by atoms with Gasteiger partial charge in [0, 0.05) is 44.9 Å². The van der Waals surface area contributed by atoms with E-state index < -0.39 is 0 Å². The summed E-state index contributed by atoms with van der Waals surface area (Å²) in [6, 6.07) is 4.46. The van der Waals surface area contributed by atoms with Crippen molar-refractivity contribution in [2.24, 2.45) is 11.8 Å². The average Bonchev–Trinajstić information content (AvgIpc) is 2.69. The molecule has 31 heavy (non-hydrogen) atoms. The fourth-order valence-electron chi connectivity index (χ4n) is 4.11. The highest BCUT2D eigenvalue weighted by molar-refractivity contribution is 5.95. The molecule has 174 valence electrons. The van der Waals surface area contributed by atoms with E-state index in [2.05, 4.69) is 18.7 Å². The van der Waals surface area contributed by atoms with Gasteiger partial charge in [-0.1, -0.05) is 27.7 Å². The third-order valence-electron chi connectivity index (χ3n) is 5.45. The Hall–Kier alpha value is -1.99. The van der Waals surface area contributed by atoms with Gasteiger partial charge in [-0.2, -0.15) is 0 Å².